The fourth-order valence-electron chi connectivity index (χ4n) is 0.842. The minimum Gasteiger partial charge on any atom is -0.478 e. The average Bonchev–Trinajstić information content (AvgIpc) is 2.07. The van der Waals surface area contributed by atoms with Gasteiger partial charge >= 0.3 is 5.97 Å². The van der Waals surface area contributed by atoms with Crippen molar-refractivity contribution in [1.82, 2.24) is 4.98 Å². The lowest BCUT2D eigenvalue weighted by molar-refractivity contribution is -0.114. The Labute approximate surface area is 88.3 Å². The van der Waals surface area contributed by atoms with Gasteiger partial charge in [0.1, 0.15) is 4.60 Å². The van der Waals surface area contributed by atoms with Crippen LogP contribution in [0.3, 0.4) is 0 Å². The maximum atomic E-state index is 10.7. The molecule has 14 heavy (non-hydrogen) atoms. The molecule has 0 aliphatic heterocycles. The van der Waals surface area contributed by atoms with E-state index in [2.05, 4.69) is 26.2 Å². The standard InChI is InChI=1S/C8H7BrN2O3/c1-4(12)11-6-2-5(8(13)14)3-10-7(6)9/h2-3H,1H3,(H,11,12)(H,13,14). The predicted octanol–water partition coefficient (Wildman–Crippen LogP) is 1.50. The van der Waals surface area contributed by atoms with Gasteiger partial charge in [-0.2, -0.15) is 0 Å². The van der Waals surface area contributed by atoms with E-state index >= 15 is 0 Å². The Bertz CT molecular complexity index is 392. The van der Waals surface area contributed by atoms with Crippen LogP contribution in [0.2, 0.25) is 0 Å². The van der Waals surface area contributed by atoms with E-state index in [1.54, 1.807) is 0 Å². The van der Waals surface area contributed by atoms with Crippen molar-refractivity contribution in [3.63, 3.8) is 0 Å². The Balaban J connectivity index is 3.08. The number of aromatic carboxylic acids is 1. The molecule has 2 N–H and O–H groups in total. The molecule has 1 heterocycles. The van der Waals surface area contributed by atoms with Crippen LogP contribution < -0.4 is 5.32 Å². The molecule has 0 saturated heterocycles. The highest BCUT2D eigenvalue weighted by Crippen LogP contribution is 2.20. The number of carboxylic acid groups (broad SMARTS) is 1. The number of aromatic nitrogens is 1. The van der Waals surface area contributed by atoms with Gasteiger partial charge in [0.25, 0.3) is 0 Å². The van der Waals surface area contributed by atoms with E-state index in [0.717, 1.165) is 0 Å². The van der Waals surface area contributed by atoms with Crippen molar-refractivity contribution in [2.24, 2.45) is 0 Å². The zero-order chi connectivity index (χ0) is 10.7. The molecule has 5 nitrogen and oxygen atoms in total. The smallest absolute Gasteiger partial charge is 0.337 e. The Morgan fingerprint density at radius 1 is 1.57 bits per heavy atom. The van der Waals surface area contributed by atoms with Gasteiger partial charge < -0.3 is 10.4 Å². The van der Waals surface area contributed by atoms with Crippen LogP contribution in [0.25, 0.3) is 0 Å². The highest BCUT2D eigenvalue weighted by atomic mass is 79.9. The molecule has 0 bridgehead atoms. The van der Waals surface area contributed by atoms with E-state index in [4.69, 9.17) is 5.11 Å². The Morgan fingerprint density at radius 2 is 2.21 bits per heavy atom. The van der Waals surface area contributed by atoms with Gasteiger partial charge in [-0.3, -0.25) is 4.79 Å². The number of carbonyl (C=O) groups excluding carboxylic acids is 1. The first-order valence-corrected chi connectivity index (χ1v) is 4.46. The summed E-state index contributed by atoms with van der Waals surface area (Å²) in [6.45, 7) is 1.33. The number of hydrogen-bond donors (Lipinski definition) is 2. The number of rotatable bonds is 2. The predicted molar refractivity (Wildman–Crippen MR) is 53.2 cm³/mol. The van der Waals surface area contributed by atoms with Gasteiger partial charge in [0.2, 0.25) is 5.91 Å². The normalized spacial score (nSPS) is 9.57. The van der Waals surface area contributed by atoms with Gasteiger partial charge in [-0.05, 0) is 22.0 Å². The lowest BCUT2D eigenvalue weighted by Crippen LogP contribution is -2.08. The van der Waals surface area contributed by atoms with Crippen molar-refractivity contribution in [2.75, 3.05) is 5.32 Å². The van der Waals surface area contributed by atoms with E-state index in [0.29, 0.717) is 10.3 Å². The van der Waals surface area contributed by atoms with Crippen molar-refractivity contribution in [1.29, 1.82) is 0 Å². The number of nitrogens with zero attached hydrogens (tertiary/aromatic N) is 1. The second-order valence-electron chi connectivity index (χ2n) is 2.55. The molecule has 0 spiro atoms. The van der Waals surface area contributed by atoms with Crippen LogP contribution in [-0.4, -0.2) is 22.0 Å². The van der Waals surface area contributed by atoms with Gasteiger partial charge in [0.15, 0.2) is 0 Å². The highest BCUT2D eigenvalue weighted by molar-refractivity contribution is 9.10. The van der Waals surface area contributed by atoms with E-state index in [1.807, 2.05) is 0 Å². The van der Waals surface area contributed by atoms with E-state index in [-0.39, 0.29) is 11.5 Å². The topological polar surface area (TPSA) is 79.3 Å². The second-order valence-corrected chi connectivity index (χ2v) is 3.30. The average molecular weight is 259 g/mol. The van der Waals surface area contributed by atoms with Crippen LogP contribution in [0.1, 0.15) is 17.3 Å². The van der Waals surface area contributed by atoms with Crippen molar-refractivity contribution < 1.29 is 14.7 Å². The number of carboxylic acids is 1. The summed E-state index contributed by atoms with van der Waals surface area (Å²) >= 11 is 3.09. The number of nitrogens with one attached hydrogen (secondary N) is 1. The first kappa shape index (κ1) is 10.6. The van der Waals surface area contributed by atoms with Crippen LogP contribution in [-0.2, 0) is 4.79 Å². The summed E-state index contributed by atoms with van der Waals surface area (Å²) in [6, 6.07) is 1.33. The molecule has 1 amide bonds. The SMILES string of the molecule is CC(=O)Nc1cc(C(=O)O)cnc1Br. The molecule has 0 radical (unpaired) electrons. The van der Waals surface area contributed by atoms with Crippen LogP contribution in [0, 0.1) is 0 Å². The van der Waals surface area contributed by atoms with Crippen molar-refractivity contribution in [3.8, 4) is 0 Å². The van der Waals surface area contributed by atoms with Crippen molar-refractivity contribution >= 4 is 33.5 Å². The fourth-order valence-corrected chi connectivity index (χ4v) is 1.16. The number of hydrogen-bond acceptors (Lipinski definition) is 3. The quantitative estimate of drug-likeness (QED) is 0.789. The molecule has 1 aromatic rings. The first-order chi connectivity index (χ1) is 6.50. The molecule has 0 fully saturated rings. The molecule has 0 saturated carbocycles. The third-order valence-corrected chi connectivity index (χ3v) is 2.03. The van der Waals surface area contributed by atoms with Crippen molar-refractivity contribution in [3.05, 3.63) is 22.4 Å². The summed E-state index contributed by atoms with van der Waals surface area (Å²) in [6.07, 6.45) is 1.21. The lowest BCUT2D eigenvalue weighted by atomic mass is 10.2. The maximum absolute atomic E-state index is 10.7. The molecule has 74 valence electrons. The van der Waals surface area contributed by atoms with Crippen LogP contribution in [0.5, 0.6) is 0 Å². The van der Waals surface area contributed by atoms with Gasteiger partial charge in [-0.25, -0.2) is 9.78 Å². The van der Waals surface area contributed by atoms with Crippen LogP contribution in [0.15, 0.2) is 16.9 Å². The third kappa shape index (κ3) is 2.53. The van der Waals surface area contributed by atoms with Crippen LogP contribution >= 0.6 is 15.9 Å². The minimum absolute atomic E-state index is 0.0250. The third-order valence-electron chi connectivity index (χ3n) is 1.40. The molecule has 0 aliphatic rings. The van der Waals surface area contributed by atoms with Gasteiger partial charge in [-0.15, -0.1) is 0 Å². The Morgan fingerprint density at radius 3 is 2.71 bits per heavy atom. The van der Waals surface area contributed by atoms with Gasteiger partial charge in [0, 0.05) is 13.1 Å². The zero-order valence-corrected chi connectivity index (χ0v) is 8.83. The lowest BCUT2D eigenvalue weighted by Gasteiger charge is -2.04. The van der Waals surface area contributed by atoms with E-state index in [9.17, 15) is 9.59 Å². The molecule has 0 unspecified atom stereocenters. The molecule has 0 aliphatic carbocycles. The molecular weight excluding hydrogens is 252 g/mol. The number of anilines is 1. The second kappa shape index (κ2) is 4.19. The summed E-state index contributed by atoms with van der Waals surface area (Å²) < 4.78 is 0.401. The monoisotopic (exact) mass is 258 g/mol. The Hall–Kier alpha value is -1.43. The number of amides is 1. The molecule has 6 heteroatoms. The molecule has 1 aromatic heterocycles. The number of carbonyl (C=O) groups is 2. The summed E-state index contributed by atoms with van der Waals surface area (Å²) in [4.78, 5) is 25.1. The minimum atomic E-state index is -1.09. The first-order valence-electron chi connectivity index (χ1n) is 3.67. The molecular formula is C8H7BrN2O3. The Kier molecular flexibility index (Phi) is 3.19. The zero-order valence-electron chi connectivity index (χ0n) is 7.24. The summed E-state index contributed by atoms with van der Waals surface area (Å²) in [5, 5.41) is 11.1. The van der Waals surface area contributed by atoms with Crippen LogP contribution in [0.4, 0.5) is 5.69 Å². The summed E-state index contributed by atoms with van der Waals surface area (Å²) in [7, 11) is 0. The van der Waals surface area contributed by atoms with E-state index < -0.39 is 5.97 Å². The largest absolute Gasteiger partial charge is 0.478 e. The fraction of sp³-hybridized carbons (Fsp3) is 0.125. The summed E-state index contributed by atoms with van der Waals surface area (Å²) in [5.41, 5.74) is 0.370. The van der Waals surface area contributed by atoms with E-state index in [1.165, 1.54) is 19.2 Å². The number of pyridine rings is 1. The molecule has 0 aromatic carbocycles. The summed E-state index contributed by atoms with van der Waals surface area (Å²) in [5.74, 6) is -1.37. The molecule has 1 rings (SSSR count). The number of halogens is 1. The molecule has 0 atom stereocenters. The van der Waals surface area contributed by atoms with Gasteiger partial charge in [-0.1, -0.05) is 0 Å². The maximum Gasteiger partial charge on any atom is 0.337 e. The van der Waals surface area contributed by atoms with Crippen molar-refractivity contribution in [2.45, 2.75) is 6.92 Å². The highest BCUT2D eigenvalue weighted by Gasteiger charge is 2.08. The van der Waals surface area contributed by atoms with Gasteiger partial charge in [0.05, 0.1) is 11.3 Å².